The average molecular weight is 253 g/mol. The molecule has 0 aromatic carbocycles. The van der Waals surface area contributed by atoms with E-state index < -0.39 is 6.10 Å². The number of hydrogen-bond donors (Lipinski definition) is 2. The second-order valence-corrected chi connectivity index (χ2v) is 5.64. The lowest BCUT2D eigenvalue weighted by Gasteiger charge is -2.26. The molecule has 0 aliphatic carbocycles. The van der Waals surface area contributed by atoms with E-state index in [1.54, 1.807) is 12.4 Å². The van der Waals surface area contributed by atoms with Crippen molar-refractivity contribution >= 4 is 5.82 Å². The van der Waals surface area contributed by atoms with E-state index >= 15 is 0 Å². The molecule has 1 unspecified atom stereocenters. The van der Waals surface area contributed by atoms with Crippen molar-refractivity contribution in [2.24, 2.45) is 5.41 Å². The number of aliphatic hydroxyl groups excluding tert-OH is 1. The summed E-state index contributed by atoms with van der Waals surface area (Å²) in [5.41, 5.74) is -0.172. The van der Waals surface area contributed by atoms with Crippen LogP contribution in [0.2, 0.25) is 0 Å². The fraction of sp³-hybridized carbons (Fsp3) is 0.692. The van der Waals surface area contributed by atoms with Crippen LogP contribution in [0.5, 0.6) is 5.88 Å². The molecule has 0 bridgehead atoms. The molecule has 0 aliphatic rings. The highest BCUT2D eigenvalue weighted by atomic mass is 16.5. The molecule has 0 fully saturated rings. The van der Waals surface area contributed by atoms with Gasteiger partial charge in [-0.3, -0.25) is 0 Å². The molecule has 0 saturated heterocycles. The Morgan fingerprint density at radius 3 is 2.44 bits per heavy atom. The zero-order chi connectivity index (χ0) is 13.8. The Hall–Kier alpha value is -1.36. The Morgan fingerprint density at radius 1 is 1.28 bits per heavy atom. The number of hydrogen-bond acceptors (Lipinski definition) is 5. The number of anilines is 1. The maximum atomic E-state index is 9.97. The Labute approximate surface area is 109 Å². The monoisotopic (exact) mass is 253 g/mol. The van der Waals surface area contributed by atoms with Gasteiger partial charge in [0.05, 0.1) is 12.2 Å². The summed E-state index contributed by atoms with van der Waals surface area (Å²) in [5, 5.41) is 13.0. The molecule has 5 nitrogen and oxygen atoms in total. The van der Waals surface area contributed by atoms with E-state index in [1.165, 1.54) is 0 Å². The molecule has 5 heteroatoms. The van der Waals surface area contributed by atoms with Gasteiger partial charge in [-0.05, 0) is 19.3 Å². The van der Waals surface area contributed by atoms with Crippen molar-refractivity contribution in [3.63, 3.8) is 0 Å². The van der Waals surface area contributed by atoms with Crippen molar-refractivity contribution in [3.05, 3.63) is 12.4 Å². The van der Waals surface area contributed by atoms with Gasteiger partial charge in [0.25, 0.3) is 5.88 Å². The van der Waals surface area contributed by atoms with Crippen molar-refractivity contribution in [2.75, 3.05) is 11.9 Å². The third-order valence-electron chi connectivity index (χ3n) is 2.47. The summed E-state index contributed by atoms with van der Waals surface area (Å²) in [7, 11) is 0. The molecular formula is C13H23N3O2. The fourth-order valence-electron chi connectivity index (χ4n) is 1.26. The molecule has 0 spiro atoms. The molecule has 0 amide bonds. The van der Waals surface area contributed by atoms with Crippen LogP contribution < -0.4 is 10.1 Å². The predicted octanol–water partition coefficient (Wildman–Crippen LogP) is 2.08. The summed E-state index contributed by atoms with van der Waals surface area (Å²) in [6.07, 6.45) is 2.75. The highest BCUT2D eigenvalue weighted by Crippen LogP contribution is 2.22. The van der Waals surface area contributed by atoms with E-state index in [-0.39, 0.29) is 11.5 Å². The van der Waals surface area contributed by atoms with Crippen LogP contribution in [-0.2, 0) is 0 Å². The first-order valence-electron chi connectivity index (χ1n) is 6.20. The smallest absolute Gasteiger partial charge is 0.257 e. The minimum atomic E-state index is -0.466. The maximum absolute atomic E-state index is 9.97. The van der Waals surface area contributed by atoms with Crippen LogP contribution in [0, 0.1) is 5.41 Å². The lowest BCUT2D eigenvalue weighted by Crippen LogP contribution is -2.33. The van der Waals surface area contributed by atoms with E-state index in [4.69, 9.17) is 4.74 Å². The van der Waals surface area contributed by atoms with Crippen molar-refractivity contribution in [2.45, 2.75) is 46.8 Å². The molecule has 0 saturated carbocycles. The van der Waals surface area contributed by atoms with Crippen LogP contribution >= 0.6 is 0 Å². The van der Waals surface area contributed by atoms with Crippen LogP contribution in [0.25, 0.3) is 0 Å². The minimum absolute atomic E-state index is 0.0368. The van der Waals surface area contributed by atoms with Crippen molar-refractivity contribution < 1.29 is 9.84 Å². The molecule has 2 N–H and O–H groups in total. The van der Waals surface area contributed by atoms with E-state index in [0.717, 1.165) is 0 Å². The zero-order valence-electron chi connectivity index (χ0n) is 11.8. The lowest BCUT2D eigenvalue weighted by atomic mass is 9.89. The van der Waals surface area contributed by atoms with Crippen LogP contribution in [-0.4, -0.2) is 33.8 Å². The van der Waals surface area contributed by atoms with Gasteiger partial charge in [0.2, 0.25) is 0 Å². The van der Waals surface area contributed by atoms with Gasteiger partial charge in [0.1, 0.15) is 0 Å². The lowest BCUT2D eigenvalue weighted by molar-refractivity contribution is 0.0744. The van der Waals surface area contributed by atoms with Crippen LogP contribution in [0.15, 0.2) is 12.4 Å². The molecule has 0 radical (unpaired) electrons. The summed E-state index contributed by atoms with van der Waals surface area (Å²) in [6, 6.07) is 0. The Balaban J connectivity index is 2.67. The summed E-state index contributed by atoms with van der Waals surface area (Å²) in [6.45, 7) is 10.2. The number of nitrogens with zero attached hydrogens (tertiary/aromatic N) is 2. The highest BCUT2D eigenvalue weighted by molar-refractivity contribution is 5.44. The van der Waals surface area contributed by atoms with E-state index in [0.29, 0.717) is 18.2 Å². The van der Waals surface area contributed by atoms with Gasteiger partial charge in [-0.2, -0.15) is 0 Å². The van der Waals surface area contributed by atoms with E-state index in [2.05, 4.69) is 15.3 Å². The molecule has 1 heterocycles. The molecule has 102 valence electrons. The summed E-state index contributed by atoms with van der Waals surface area (Å²) < 4.78 is 5.55. The summed E-state index contributed by atoms with van der Waals surface area (Å²) >= 11 is 0. The molecule has 18 heavy (non-hydrogen) atoms. The first-order chi connectivity index (χ1) is 8.30. The van der Waals surface area contributed by atoms with Gasteiger partial charge in [0.15, 0.2) is 5.82 Å². The van der Waals surface area contributed by atoms with Crippen LogP contribution in [0.1, 0.15) is 34.6 Å². The van der Waals surface area contributed by atoms with Gasteiger partial charge in [-0.15, -0.1) is 0 Å². The zero-order valence-corrected chi connectivity index (χ0v) is 11.8. The molecule has 1 rings (SSSR count). The molecular weight excluding hydrogens is 230 g/mol. The second kappa shape index (κ2) is 6.00. The normalized spacial score (nSPS) is 13.5. The quantitative estimate of drug-likeness (QED) is 0.841. The Bertz CT molecular complexity index is 375. The SMILES string of the molecule is CC(C)Oc1nccnc1NCC(O)C(C)(C)C. The Kier molecular flexibility index (Phi) is 4.90. The topological polar surface area (TPSA) is 67.3 Å². The van der Waals surface area contributed by atoms with Gasteiger partial charge < -0.3 is 15.2 Å². The third-order valence-corrected chi connectivity index (χ3v) is 2.47. The number of rotatable bonds is 5. The molecule has 1 aromatic rings. The largest absolute Gasteiger partial charge is 0.472 e. The van der Waals surface area contributed by atoms with Gasteiger partial charge in [0, 0.05) is 18.9 Å². The average Bonchev–Trinajstić information content (AvgIpc) is 2.25. The maximum Gasteiger partial charge on any atom is 0.257 e. The Morgan fingerprint density at radius 2 is 1.89 bits per heavy atom. The molecule has 1 aromatic heterocycles. The standard InChI is InChI=1S/C13H23N3O2/c1-9(2)18-12-11(14-6-7-15-12)16-8-10(17)13(3,4)5/h6-7,9-10,17H,8H2,1-5H3,(H,14,16). The number of aromatic nitrogens is 2. The number of ether oxygens (including phenoxy) is 1. The van der Waals surface area contributed by atoms with Gasteiger partial charge >= 0.3 is 0 Å². The first kappa shape index (κ1) is 14.7. The fourth-order valence-corrected chi connectivity index (χ4v) is 1.26. The van der Waals surface area contributed by atoms with Crippen molar-refractivity contribution in [1.29, 1.82) is 0 Å². The van der Waals surface area contributed by atoms with Crippen LogP contribution in [0.4, 0.5) is 5.82 Å². The predicted molar refractivity (Wildman–Crippen MR) is 71.7 cm³/mol. The van der Waals surface area contributed by atoms with E-state index in [9.17, 15) is 5.11 Å². The van der Waals surface area contributed by atoms with E-state index in [1.807, 2.05) is 34.6 Å². The third kappa shape index (κ3) is 4.49. The summed E-state index contributed by atoms with van der Waals surface area (Å²) in [4.78, 5) is 8.31. The molecule has 1 atom stereocenters. The van der Waals surface area contributed by atoms with Gasteiger partial charge in [-0.25, -0.2) is 9.97 Å². The van der Waals surface area contributed by atoms with Gasteiger partial charge in [-0.1, -0.05) is 20.8 Å². The van der Waals surface area contributed by atoms with Crippen LogP contribution in [0.3, 0.4) is 0 Å². The van der Waals surface area contributed by atoms with Crippen molar-refractivity contribution in [1.82, 2.24) is 9.97 Å². The first-order valence-corrected chi connectivity index (χ1v) is 6.20. The number of nitrogens with one attached hydrogen (secondary N) is 1. The molecule has 0 aliphatic heterocycles. The summed E-state index contributed by atoms with van der Waals surface area (Å²) in [5.74, 6) is 1.03. The highest BCUT2D eigenvalue weighted by Gasteiger charge is 2.22. The second-order valence-electron chi connectivity index (χ2n) is 5.64. The number of aliphatic hydroxyl groups is 1. The minimum Gasteiger partial charge on any atom is -0.472 e. The van der Waals surface area contributed by atoms with Crippen molar-refractivity contribution in [3.8, 4) is 5.88 Å².